The number of carbonyl (C=O) groups excluding carboxylic acids is 5. The molecule has 172 valence electrons. The Hall–Kier alpha value is -5.05. The van der Waals surface area contributed by atoms with Crippen LogP contribution in [0.3, 0.4) is 0 Å². The van der Waals surface area contributed by atoms with Crippen LogP contribution >= 0.6 is 0 Å². The molecule has 0 spiro atoms. The van der Waals surface area contributed by atoms with E-state index in [1.54, 1.807) is 0 Å². The fourth-order valence-corrected chi connectivity index (χ4v) is 2.42. The van der Waals surface area contributed by atoms with Gasteiger partial charge < -0.3 is 18.9 Å². The maximum atomic E-state index is 13.2. The van der Waals surface area contributed by atoms with Gasteiger partial charge in [0.25, 0.3) is 0 Å². The Morgan fingerprint density at radius 1 is 0.529 bits per heavy atom. The van der Waals surface area contributed by atoms with Crippen LogP contribution in [0.25, 0.3) is 0 Å². The van der Waals surface area contributed by atoms with Crippen LogP contribution in [-0.2, 0) is 19.2 Å². The molecule has 0 aromatic heterocycles. The first-order valence-corrected chi connectivity index (χ1v) is 9.41. The summed E-state index contributed by atoms with van der Waals surface area (Å²) >= 11 is 0. The third-order valence-electron chi connectivity index (χ3n) is 3.87. The van der Waals surface area contributed by atoms with Gasteiger partial charge in [-0.05, 0) is 30.3 Å². The summed E-state index contributed by atoms with van der Waals surface area (Å²) in [6.45, 7) is 13.2. The highest BCUT2D eigenvalue weighted by molar-refractivity contribution is 6.10. The van der Waals surface area contributed by atoms with Crippen LogP contribution < -0.4 is 18.9 Å². The van der Waals surface area contributed by atoms with E-state index in [1.165, 1.54) is 30.3 Å². The van der Waals surface area contributed by atoms with Crippen LogP contribution in [0, 0.1) is 0 Å². The number of ketones is 1. The molecule has 0 unspecified atom stereocenters. The number of hydrogen-bond donors (Lipinski definition) is 0. The van der Waals surface area contributed by atoms with Crippen LogP contribution in [0.4, 0.5) is 0 Å². The maximum Gasteiger partial charge on any atom is 0.335 e. The summed E-state index contributed by atoms with van der Waals surface area (Å²) < 4.78 is 20.2. The van der Waals surface area contributed by atoms with Crippen molar-refractivity contribution >= 4 is 29.7 Å². The van der Waals surface area contributed by atoms with Gasteiger partial charge in [-0.25, -0.2) is 19.2 Å². The molecular formula is C25H18O9. The lowest BCUT2D eigenvalue weighted by Gasteiger charge is -2.12. The standard InChI is InChI=1S/C25H18O9/c1-5-21(26)31-17-11-16(12-18(14-17)32-22(27)6-2)25(30)15-9-10-19(33-23(28)7-3)20(13-15)34-24(29)8-4/h5-14H,1-4H2. The van der Waals surface area contributed by atoms with E-state index in [2.05, 4.69) is 26.3 Å². The molecule has 0 N–H and O–H groups in total. The number of esters is 4. The van der Waals surface area contributed by atoms with Crippen LogP contribution in [0.15, 0.2) is 87.0 Å². The molecule has 2 aromatic carbocycles. The van der Waals surface area contributed by atoms with Crippen LogP contribution in [-0.4, -0.2) is 29.7 Å². The molecule has 0 fully saturated rings. The summed E-state index contributed by atoms with van der Waals surface area (Å²) in [5.41, 5.74) is -0.0449. The summed E-state index contributed by atoms with van der Waals surface area (Å²) in [6, 6.07) is 7.38. The molecule has 0 aliphatic heterocycles. The second-order valence-electron chi connectivity index (χ2n) is 6.18. The first-order chi connectivity index (χ1) is 16.2. The first-order valence-electron chi connectivity index (χ1n) is 9.41. The Morgan fingerprint density at radius 2 is 0.971 bits per heavy atom. The number of ether oxygens (including phenoxy) is 4. The van der Waals surface area contributed by atoms with Gasteiger partial charge in [0.2, 0.25) is 0 Å². The molecular weight excluding hydrogens is 444 g/mol. The van der Waals surface area contributed by atoms with Crippen molar-refractivity contribution in [3.63, 3.8) is 0 Å². The van der Waals surface area contributed by atoms with Crippen molar-refractivity contribution in [2.24, 2.45) is 0 Å². The zero-order chi connectivity index (χ0) is 25.3. The van der Waals surface area contributed by atoms with Crippen molar-refractivity contribution in [3.8, 4) is 23.0 Å². The van der Waals surface area contributed by atoms with Gasteiger partial charge in [0.1, 0.15) is 11.5 Å². The Balaban J connectivity index is 2.53. The lowest BCUT2D eigenvalue weighted by molar-refractivity contribution is -0.131. The Kier molecular flexibility index (Phi) is 8.55. The number of benzene rings is 2. The Morgan fingerprint density at radius 3 is 1.44 bits per heavy atom. The number of rotatable bonds is 10. The predicted molar refractivity (Wildman–Crippen MR) is 120 cm³/mol. The summed E-state index contributed by atoms with van der Waals surface area (Å²) in [5.74, 6) is -4.52. The second kappa shape index (κ2) is 11.5. The maximum absolute atomic E-state index is 13.2. The molecule has 2 rings (SSSR count). The Bertz CT molecular complexity index is 1180. The average molecular weight is 462 g/mol. The van der Waals surface area contributed by atoms with Gasteiger partial charge in [-0.1, -0.05) is 26.3 Å². The van der Waals surface area contributed by atoms with Gasteiger partial charge in [0.05, 0.1) is 0 Å². The van der Waals surface area contributed by atoms with Gasteiger partial charge in [-0.15, -0.1) is 0 Å². The van der Waals surface area contributed by atoms with Crippen molar-refractivity contribution in [2.75, 3.05) is 0 Å². The average Bonchev–Trinajstić information content (AvgIpc) is 2.83. The molecule has 0 heterocycles. The van der Waals surface area contributed by atoms with Crippen molar-refractivity contribution in [1.29, 1.82) is 0 Å². The second-order valence-corrected chi connectivity index (χ2v) is 6.18. The van der Waals surface area contributed by atoms with Gasteiger partial charge in [-0.3, -0.25) is 4.79 Å². The summed E-state index contributed by atoms with van der Waals surface area (Å²) in [5, 5.41) is 0. The minimum Gasteiger partial charge on any atom is -0.423 e. The van der Waals surface area contributed by atoms with Crippen LogP contribution in [0.2, 0.25) is 0 Å². The summed E-state index contributed by atoms with van der Waals surface area (Å²) in [7, 11) is 0. The molecule has 9 nitrogen and oxygen atoms in total. The third kappa shape index (κ3) is 6.72. The SMILES string of the molecule is C=CC(=O)Oc1cc(OC(=O)C=C)cc(C(=O)c2ccc(OC(=O)C=C)c(OC(=O)C=C)c2)c1. The van der Waals surface area contributed by atoms with Gasteiger partial charge in [0, 0.05) is 41.5 Å². The van der Waals surface area contributed by atoms with Crippen molar-refractivity contribution in [3.05, 3.63) is 98.1 Å². The fraction of sp³-hybridized carbons (Fsp3) is 0. The van der Waals surface area contributed by atoms with Crippen molar-refractivity contribution in [1.82, 2.24) is 0 Å². The molecule has 0 aliphatic carbocycles. The molecule has 0 saturated heterocycles. The van der Waals surface area contributed by atoms with Crippen LogP contribution in [0.1, 0.15) is 15.9 Å². The Labute approximate surface area is 194 Å². The zero-order valence-electron chi connectivity index (χ0n) is 17.8. The minimum absolute atomic E-state index is 0.00143. The number of hydrogen-bond acceptors (Lipinski definition) is 9. The molecule has 2 aromatic rings. The van der Waals surface area contributed by atoms with E-state index in [-0.39, 0.29) is 34.1 Å². The normalized spacial score (nSPS) is 9.65. The predicted octanol–water partition coefficient (Wildman–Crippen LogP) is 3.28. The molecule has 0 radical (unpaired) electrons. The monoisotopic (exact) mass is 462 g/mol. The highest BCUT2D eigenvalue weighted by Gasteiger charge is 2.19. The first kappa shape index (κ1) is 25.2. The van der Waals surface area contributed by atoms with E-state index in [1.807, 2.05) is 0 Å². The van der Waals surface area contributed by atoms with E-state index in [0.717, 1.165) is 30.4 Å². The quantitative estimate of drug-likeness (QED) is 0.226. The largest absolute Gasteiger partial charge is 0.423 e. The van der Waals surface area contributed by atoms with Gasteiger partial charge >= 0.3 is 23.9 Å². The highest BCUT2D eigenvalue weighted by Crippen LogP contribution is 2.31. The van der Waals surface area contributed by atoms with Gasteiger partial charge in [-0.2, -0.15) is 0 Å². The molecule has 0 bridgehead atoms. The molecule has 0 amide bonds. The van der Waals surface area contributed by atoms with Gasteiger partial charge in [0.15, 0.2) is 17.3 Å². The minimum atomic E-state index is -0.863. The number of carbonyl (C=O) groups is 5. The van der Waals surface area contributed by atoms with E-state index < -0.39 is 29.7 Å². The third-order valence-corrected chi connectivity index (χ3v) is 3.87. The molecule has 0 aliphatic rings. The van der Waals surface area contributed by atoms with Crippen LogP contribution in [0.5, 0.6) is 23.0 Å². The fourth-order valence-electron chi connectivity index (χ4n) is 2.42. The summed E-state index contributed by atoms with van der Waals surface area (Å²) in [4.78, 5) is 59.6. The lowest BCUT2D eigenvalue weighted by Crippen LogP contribution is -2.11. The molecule has 9 heteroatoms. The van der Waals surface area contributed by atoms with E-state index in [9.17, 15) is 24.0 Å². The zero-order valence-corrected chi connectivity index (χ0v) is 17.8. The molecule has 0 saturated carbocycles. The smallest absolute Gasteiger partial charge is 0.335 e. The topological polar surface area (TPSA) is 122 Å². The summed E-state index contributed by atoms with van der Waals surface area (Å²) in [6.07, 6.45) is 3.60. The lowest BCUT2D eigenvalue weighted by atomic mass is 10.0. The molecule has 0 atom stereocenters. The highest BCUT2D eigenvalue weighted by atomic mass is 16.6. The van der Waals surface area contributed by atoms with E-state index in [4.69, 9.17) is 18.9 Å². The van der Waals surface area contributed by atoms with E-state index in [0.29, 0.717) is 0 Å². The van der Waals surface area contributed by atoms with Crippen molar-refractivity contribution in [2.45, 2.75) is 0 Å². The molecule has 34 heavy (non-hydrogen) atoms. The van der Waals surface area contributed by atoms with E-state index >= 15 is 0 Å². The van der Waals surface area contributed by atoms with Crippen molar-refractivity contribution < 1.29 is 42.9 Å².